The van der Waals surface area contributed by atoms with Crippen LogP contribution < -0.4 is 11.5 Å². The summed E-state index contributed by atoms with van der Waals surface area (Å²) in [6, 6.07) is 0. The number of primary amides is 1. The number of hydrogen-bond acceptors (Lipinski definition) is 17. The number of rotatable bonds is 11. The summed E-state index contributed by atoms with van der Waals surface area (Å²) in [5.41, 5.74) is 11.7. The first-order valence-corrected chi connectivity index (χ1v) is 16.2. The van der Waals surface area contributed by atoms with Gasteiger partial charge < -0.3 is 56.1 Å². The molecule has 2 aromatic heterocycles. The van der Waals surface area contributed by atoms with Crippen molar-refractivity contribution in [2.45, 2.75) is 49.4 Å². The molecule has 45 heavy (non-hydrogen) atoms. The topological polar surface area (TPSA) is 318 Å². The molecule has 3 aliphatic rings. The summed E-state index contributed by atoms with van der Waals surface area (Å²) in [5, 5.41) is 42.1. The Labute approximate surface area is 253 Å². The van der Waals surface area contributed by atoms with Crippen LogP contribution in [-0.4, -0.2) is 117 Å². The van der Waals surface area contributed by atoms with Gasteiger partial charge in [0.25, 0.3) is 0 Å². The van der Waals surface area contributed by atoms with Gasteiger partial charge in [0, 0.05) is 23.9 Å². The van der Waals surface area contributed by atoms with Crippen LogP contribution in [0.1, 0.15) is 12.6 Å². The fourth-order valence-corrected chi connectivity index (χ4v) is 7.00. The number of aliphatic hydroxyl groups is 4. The quantitative estimate of drug-likeness (QED) is 0.114. The maximum Gasteiger partial charge on any atom is 0.481 e. The van der Waals surface area contributed by atoms with Crippen LogP contribution in [0.15, 0.2) is 36.7 Å². The van der Waals surface area contributed by atoms with E-state index in [9.17, 15) is 44.1 Å². The lowest BCUT2D eigenvalue weighted by Crippen LogP contribution is -2.49. The molecule has 10 unspecified atom stereocenters. The van der Waals surface area contributed by atoms with Gasteiger partial charge in [0.05, 0.1) is 32.3 Å². The molecule has 2 fully saturated rings. The number of ether oxygens (including phenoxy) is 2. The van der Waals surface area contributed by atoms with E-state index < -0.39 is 83.7 Å². The highest BCUT2D eigenvalue weighted by Gasteiger charge is 2.47. The average Bonchev–Trinajstić information content (AvgIpc) is 3.54. The molecular formula is C22H31N7O14P2. The van der Waals surface area contributed by atoms with Crippen LogP contribution in [0.3, 0.4) is 0 Å². The molecule has 248 valence electrons. The second-order valence-electron chi connectivity index (χ2n) is 10.3. The number of carbonyl (C=O) groups excluding carboxylic acids is 1. The van der Waals surface area contributed by atoms with Gasteiger partial charge >= 0.3 is 15.6 Å². The fourth-order valence-electron chi connectivity index (χ4n) is 4.86. The average molecular weight is 679 g/mol. The third kappa shape index (κ3) is 7.26. The zero-order valence-corrected chi connectivity index (χ0v) is 24.9. The van der Waals surface area contributed by atoms with Crippen molar-refractivity contribution in [3.63, 3.8) is 0 Å². The van der Waals surface area contributed by atoms with E-state index in [0.29, 0.717) is 0 Å². The molecule has 2 saturated heterocycles. The molecular weight excluding hydrogens is 648 g/mol. The van der Waals surface area contributed by atoms with Gasteiger partial charge in [-0.1, -0.05) is 6.08 Å². The monoisotopic (exact) mass is 679 g/mol. The van der Waals surface area contributed by atoms with E-state index in [1.165, 1.54) is 34.5 Å². The molecule has 10 atom stereocenters. The van der Waals surface area contributed by atoms with Crippen LogP contribution in [-0.2, 0) is 36.8 Å². The molecule has 0 aromatic carbocycles. The van der Waals surface area contributed by atoms with Gasteiger partial charge in [0.1, 0.15) is 36.3 Å². The first kappa shape index (κ1) is 33.5. The van der Waals surface area contributed by atoms with Crippen molar-refractivity contribution < 1.29 is 67.0 Å². The summed E-state index contributed by atoms with van der Waals surface area (Å²) in [7, 11) is -10.7. The Balaban J connectivity index is 1.13. The minimum atomic E-state index is -5.34. The molecule has 21 nitrogen and oxygen atoms in total. The molecule has 0 spiro atoms. The molecule has 23 heteroatoms. The SMILES string of the molecule is NC(=O)C1=CN(C2OC(COP(=O)(O)OP(=O)(O)OCC3COC(n4cnc5c(N)ncnc54)C(O)C3O)C(O)C2O)C=CC1. The molecule has 0 saturated carbocycles. The number of carbonyl (C=O) groups is 1. The number of aliphatic hydroxyl groups excluding tert-OH is 4. The van der Waals surface area contributed by atoms with Gasteiger partial charge in [-0.25, -0.2) is 24.1 Å². The Bertz CT molecular complexity index is 1570. The molecule has 5 heterocycles. The van der Waals surface area contributed by atoms with E-state index in [2.05, 4.69) is 19.3 Å². The highest BCUT2D eigenvalue weighted by Crippen LogP contribution is 2.60. The van der Waals surface area contributed by atoms with Crippen molar-refractivity contribution in [1.29, 1.82) is 0 Å². The zero-order chi connectivity index (χ0) is 32.7. The number of imidazole rings is 1. The Kier molecular flexibility index (Phi) is 9.74. The number of nitrogens with zero attached hydrogens (tertiary/aromatic N) is 5. The minimum absolute atomic E-state index is 0.0842. The van der Waals surface area contributed by atoms with Crippen molar-refractivity contribution in [3.8, 4) is 0 Å². The molecule has 0 aliphatic carbocycles. The highest BCUT2D eigenvalue weighted by molar-refractivity contribution is 7.61. The van der Waals surface area contributed by atoms with Crippen molar-refractivity contribution in [2.24, 2.45) is 11.7 Å². The predicted molar refractivity (Wildman–Crippen MR) is 146 cm³/mol. The van der Waals surface area contributed by atoms with Crippen LogP contribution >= 0.6 is 15.6 Å². The number of phosphoric acid groups is 2. The van der Waals surface area contributed by atoms with E-state index in [4.69, 9.17) is 30.0 Å². The third-order valence-electron chi connectivity index (χ3n) is 7.20. The van der Waals surface area contributed by atoms with Crippen LogP contribution in [0, 0.1) is 5.92 Å². The maximum atomic E-state index is 12.4. The van der Waals surface area contributed by atoms with Crippen LogP contribution in [0.25, 0.3) is 11.2 Å². The number of allylic oxidation sites excluding steroid dienone is 1. The Morgan fingerprint density at radius 3 is 2.40 bits per heavy atom. The number of phosphoric ester groups is 2. The highest BCUT2D eigenvalue weighted by atomic mass is 31.3. The molecule has 5 rings (SSSR count). The van der Waals surface area contributed by atoms with E-state index >= 15 is 0 Å². The van der Waals surface area contributed by atoms with Crippen LogP contribution in [0.4, 0.5) is 5.82 Å². The lowest BCUT2D eigenvalue weighted by molar-refractivity contribution is -0.195. The molecule has 0 radical (unpaired) electrons. The van der Waals surface area contributed by atoms with E-state index in [-0.39, 0.29) is 35.6 Å². The summed E-state index contributed by atoms with van der Waals surface area (Å²) in [6.07, 6.45) is -3.14. The predicted octanol–water partition coefficient (Wildman–Crippen LogP) is -2.44. The first-order valence-electron chi connectivity index (χ1n) is 13.2. The van der Waals surface area contributed by atoms with Crippen molar-refractivity contribution in [1.82, 2.24) is 24.4 Å². The number of aromatic nitrogens is 4. The largest absolute Gasteiger partial charge is 0.481 e. The first-order chi connectivity index (χ1) is 21.2. The number of nitrogen functional groups attached to an aromatic ring is 1. The summed E-state index contributed by atoms with van der Waals surface area (Å²) in [4.78, 5) is 44.7. The number of anilines is 1. The Morgan fingerprint density at radius 2 is 1.69 bits per heavy atom. The van der Waals surface area contributed by atoms with Crippen molar-refractivity contribution in [2.75, 3.05) is 25.6 Å². The van der Waals surface area contributed by atoms with E-state index in [1.54, 1.807) is 6.08 Å². The molecule has 0 bridgehead atoms. The van der Waals surface area contributed by atoms with Crippen LogP contribution in [0.5, 0.6) is 0 Å². The second kappa shape index (κ2) is 13.1. The lowest BCUT2D eigenvalue weighted by atomic mass is 9.95. The fraction of sp³-hybridized carbons (Fsp3) is 0.545. The maximum absolute atomic E-state index is 12.4. The van der Waals surface area contributed by atoms with E-state index in [0.717, 1.165) is 0 Å². The summed E-state index contributed by atoms with van der Waals surface area (Å²) < 4.78 is 51.1. The number of nitrogens with two attached hydrogens (primary N) is 2. The minimum Gasteiger partial charge on any atom is -0.390 e. The van der Waals surface area contributed by atoms with Gasteiger partial charge in [-0.15, -0.1) is 0 Å². The zero-order valence-electron chi connectivity index (χ0n) is 23.1. The second-order valence-corrected chi connectivity index (χ2v) is 13.3. The number of fused-ring (bicyclic) bond motifs is 1. The number of hydrogen-bond donors (Lipinski definition) is 8. The molecule has 1 amide bonds. The van der Waals surface area contributed by atoms with Gasteiger partial charge in [0.2, 0.25) is 5.91 Å². The smallest absolute Gasteiger partial charge is 0.390 e. The Hall–Kier alpha value is -2.88. The third-order valence-corrected chi connectivity index (χ3v) is 9.80. The standard InChI is InChI=1S/C22H31N7O14P2/c23-18-13-20(26-8-25-18)29(9-27-13)22-16(32)14(30)11(5-39-22)6-40-44(35,36)43-45(37,38)41-7-12-15(31)17(33)21(42-12)28-3-1-2-10(4-28)19(24)34/h1,3-4,8-9,11-12,14-17,21-22,30-33H,2,5-7H2,(H2,24,34)(H,35,36)(H,37,38)(H2,23,25,26). The van der Waals surface area contributed by atoms with Gasteiger partial charge in [-0.2, -0.15) is 4.31 Å². The molecule has 3 aliphatic heterocycles. The van der Waals surface area contributed by atoms with Gasteiger partial charge in [-0.3, -0.25) is 18.4 Å². The van der Waals surface area contributed by atoms with Crippen LogP contribution in [0.2, 0.25) is 0 Å². The van der Waals surface area contributed by atoms with Gasteiger partial charge in [0.15, 0.2) is 23.9 Å². The Morgan fingerprint density at radius 1 is 1.00 bits per heavy atom. The van der Waals surface area contributed by atoms with E-state index in [1.807, 2.05) is 0 Å². The lowest BCUT2D eigenvalue weighted by Gasteiger charge is -2.37. The van der Waals surface area contributed by atoms with Crippen molar-refractivity contribution in [3.05, 3.63) is 36.7 Å². The molecule has 2 aromatic rings. The normalized spacial score (nSPS) is 33.1. The summed E-state index contributed by atoms with van der Waals surface area (Å²) in [6.45, 7) is -1.95. The summed E-state index contributed by atoms with van der Waals surface area (Å²) in [5.74, 6) is -1.72. The summed E-state index contributed by atoms with van der Waals surface area (Å²) >= 11 is 0. The molecule has 10 N–H and O–H groups in total. The van der Waals surface area contributed by atoms with Gasteiger partial charge in [-0.05, 0) is 6.42 Å². The van der Waals surface area contributed by atoms with Crippen molar-refractivity contribution >= 4 is 38.5 Å². The number of amides is 1.